The lowest BCUT2D eigenvalue weighted by molar-refractivity contribution is -0.114. The molecule has 0 saturated heterocycles. The summed E-state index contributed by atoms with van der Waals surface area (Å²) in [5.74, 6) is -0.570. The van der Waals surface area contributed by atoms with Gasteiger partial charge in [-0.1, -0.05) is 48.0 Å². The third-order valence-corrected chi connectivity index (χ3v) is 2.18. The first-order valence-corrected chi connectivity index (χ1v) is 4.77. The standard InChI is InChI=1S/C11H12ClNO/c12-10(11(13)14)8-4-7-9-5-2-1-3-6-9/h1-3,5-6,8H,4,7H2,(H2,13,14). The normalized spacial score (nSPS) is 11.4. The van der Waals surface area contributed by atoms with Crippen molar-refractivity contribution >= 4 is 17.5 Å². The maximum absolute atomic E-state index is 10.6. The minimum absolute atomic E-state index is 0.112. The molecule has 0 aliphatic carbocycles. The van der Waals surface area contributed by atoms with E-state index in [2.05, 4.69) is 0 Å². The second-order valence-corrected chi connectivity index (χ2v) is 3.35. The zero-order valence-corrected chi connectivity index (χ0v) is 8.50. The molecule has 2 nitrogen and oxygen atoms in total. The molecule has 74 valence electrons. The van der Waals surface area contributed by atoms with Crippen molar-refractivity contribution in [2.24, 2.45) is 5.73 Å². The molecule has 0 unspecified atom stereocenters. The van der Waals surface area contributed by atoms with Gasteiger partial charge in [0.2, 0.25) is 0 Å². The van der Waals surface area contributed by atoms with Crippen LogP contribution in [0, 0.1) is 0 Å². The van der Waals surface area contributed by atoms with Crippen molar-refractivity contribution in [3.8, 4) is 0 Å². The lowest BCUT2D eigenvalue weighted by atomic mass is 10.1. The Kier molecular flexibility index (Phi) is 4.20. The quantitative estimate of drug-likeness (QED) is 0.760. The number of carbonyl (C=O) groups is 1. The van der Waals surface area contributed by atoms with Crippen LogP contribution in [0.15, 0.2) is 41.4 Å². The van der Waals surface area contributed by atoms with Crippen LogP contribution in [0.1, 0.15) is 12.0 Å². The molecule has 0 radical (unpaired) electrons. The van der Waals surface area contributed by atoms with E-state index in [1.165, 1.54) is 5.56 Å². The Labute approximate surface area is 88.4 Å². The molecule has 0 fully saturated rings. The number of allylic oxidation sites excluding steroid dienone is 1. The summed E-state index contributed by atoms with van der Waals surface area (Å²) < 4.78 is 0. The van der Waals surface area contributed by atoms with Gasteiger partial charge in [-0.25, -0.2) is 0 Å². The van der Waals surface area contributed by atoms with Crippen LogP contribution in [0.25, 0.3) is 0 Å². The number of hydrogen-bond donors (Lipinski definition) is 1. The van der Waals surface area contributed by atoms with Crippen LogP contribution in [-0.4, -0.2) is 5.91 Å². The van der Waals surface area contributed by atoms with E-state index in [0.29, 0.717) is 0 Å². The van der Waals surface area contributed by atoms with E-state index in [-0.39, 0.29) is 5.03 Å². The Morgan fingerprint density at radius 3 is 2.57 bits per heavy atom. The predicted molar refractivity (Wildman–Crippen MR) is 57.9 cm³/mol. The first-order valence-electron chi connectivity index (χ1n) is 4.39. The van der Waals surface area contributed by atoms with E-state index in [1.54, 1.807) is 6.08 Å². The number of rotatable bonds is 4. The number of amides is 1. The molecule has 0 bridgehead atoms. The van der Waals surface area contributed by atoms with Crippen LogP contribution >= 0.6 is 11.6 Å². The van der Waals surface area contributed by atoms with E-state index >= 15 is 0 Å². The van der Waals surface area contributed by atoms with Crippen LogP contribution in [0.4, 0.5) is 0 Å². The summed E-state index contributed by atoms with van der Waals surface area (Å²) in [5, 5.41) is 0.112. The van der Waals surface area contributed by atoms with Crippen molar-refractivity contribution in [3.63, 3.8) is 0 Å². The van der Waals surface area contributed by atoms with Crippen molar-refractivity contribution in [3.05, 3.63) is 47.0 Å². The van der Waals surface area contributed by atoms with Crippen LogP contribution in [-0.2, 0) is 11.2 Å². The van der Waals surface area contributed by atoms with Crippen molar-refractivity contribution in [2.75, 3.05) is 0 Å². The second kappa shape index (κ2) is 5.45. The second-order valence-electron chi connectivity index (χ2n) is 2.94. The lowest BCUT2D eigenvalue weighted by Crippen LogP contribution is -2.10. The zero-order chi connectivity index (χ0) is 10.4. The van der Waals surface area contributed by atoms with Crippen LogP contribution < -0.4 is 5.73 Å². The third-order valence-electron chi connectivity index (χ3n) is 1.83. The fourth-order valence-corrected chi connectivity index (χ4v) is 1.22. The van der Waals surface area contributed by atoms with Gasteiger partial charge in [-0.05, 0) is 18.4 Å². The molecule has 0 aliphatic rings. The molecule has 14 heavy (non-hydrogen) atoms. The van der Waals surface area contributed by atoms with Gasteiger partial charge in [-0.15, -0.1) is 0 Å². The van der Waals surface area contributed by atoms with Crippen molar-refractivity contribution < 1.29 is 4.79 Å². The highest BCUT2D eigenvalue weighted by Gasteiger charge is 1.98. The smallest absolute Gasteiger partial charge is 0.259 e. The van der Waals surface area contributed by atoms with Gasteiger partial charge in [-0.3, -0.25) is 4.79 Å². The molecule has 0 aliphatic heterocycles. The summed E-state index contributed by atoms with van der Waals surface area (Å²) in [6.45, 7) is 0. The van der Waals surface area contributed by atoms with E-state index in [0.717, 1.165) is 12.8 Å². The van der Waals surface area contributed by atoms with Gasteiger partial charge in [-0.2, -0.15) is 0 Å². The van der Waals surface area contributed by atoms with Crippen molar-refractivity contribution in [1.29, 1.82) is 0 Å². The fraction of sp³-hybridized carbons (Fsp3) is 0.182. The average molecular weight is 210 g/mol. The number of carbonyl (C=O) groups excluding carboxylic acids is 1. The van der Waals surface area contributed by atoms with Crippen LogP contribution in [0.2, 0.25) is 0 Å². The molecule has 0 spiro atoms. The highest BCUT2D eigenvalue weighted by Crippen LogP contribution is 2.06. The molecule has 0 atom stereocenters. The Hall–Kier alpha value is -1.28. The number of aryl methyl sites for hydroxylation is 1. The molecular weight excluding hydrogens is 198 g/mol. The zero-order valence-electron chi connectivity index (χ0n) is 7.74. The molecule has 3 heteroatoms. The van der Waals surface area contributed by atoms with E-state index in [9.17, 15) is 4.79 Å². The van der Waals surface area contributed by atoms with E-state index in [1.807, 2.05) is 30.3 Å². The summed E-state index contributed by atoms with van der Waals surface area (Å²) in [7, 11) is 0. The molecule has 1 rings (SSSR count). The molecule has 0 saturated carbocycles. The van der Waals surface area contributed by atoms with Gasteiger partial charge in [0.15, 0.2) is 0 Å². The molecule has 2 N–H and O–H groups in total. The van der Waals surface area contributed by atoms with Gasteiger partial charge in [0.1, 0.15) is 5.03 Å². The molecule has 0 aromatic heterocycles. The number of primary amides is 1. The van der Waals surface area contributed by atoms with Crippen molar-refractivity contribution in [2.45, 2.75) is 12.8 Å². The minimum Gasteiger partial charge on any atom is -0.365 e. The summed E-state index contributed by atoms with van der Waals surface area (Å²) in [5.41, 5.74) is 6.20. The maximum Gasteiger partial charge on any atom is 0.259 e. The predicted octanol–water partition coefficient (Wildman–Crippen LogP) is 2.23. The molecule has 1 aromatic carbocycles. The van der Waals surface area contributed by atoms with E-state index in [4.69, 9.17) is 17.3 Å². The fourth-order valence-electron chi connectivity index (χ4n) is 1.11. The topological polar surface area (TPSA) is 43.1 Å². The molecule has 0 heterocycles. The van der Waals surface area contributed by atoms with Gasteiger partial charge in [0.05, 0.1) is 0 Å². The van der Waals surface area contributed by atoms with Gasteiger partial charge >= 0.3 is 0 Å². The third kappa shape index (κ3) is 3.62. The maximum atomic E-state index is 10.6. The first-order chi connectivity index (χ1) is 6.70. The number of halogens is 1. The lowest BCUT2D eigenvalue weighted by Gasteiger charge is -1.97. The highest BCUT2D eigenvalue weighted by atomic mass is 35.5. The number of nitrogens with two attached hydrogens (primary N) is 1. The molecular formula is C11H12ClNO. The Morgan fingerprint density at radius 2 is 2.00 bits per heavy atom. The van der Waals surface area contributed by atoms with Crippen molar-refractivity contribution in [1.82, 2.24) is 0 Å². The largest absolute Gasteiger partial charge is 0.365 e. The summed E-state index contributed by atoms with van der Waals surface area (Å²) in [6, 6.07) is 10.00. The summed E-state index contributed by atoms with van der Waals surface area (Å²) in [6.07, 6.45) is 3.24. The highest BCUT2D eigenvalue weighted by molar-refractivity contribution is 6.41. The minimum atomic E-state index is -0.570. The summed E-state index contributed by atoms with van der Waals surface area (Å²) >= 11 is 5.57. The van der Waals surface area contributed by atoms with Crippen LogP contribution in [0.5, 0.6) is 0 Å². The number of benzene rings is 1. The first kappa shape index (κ1) is 10.8. The van der Waals surface area contributed by atoms with Gasteiger partial charge < -0.3 is 5.73 Å². The summed E-state index contributed by atoms with van der Waals surface area (Å²) in [4.78, 5) is 10.6. The molecule has 1 amide bonds. The Bertz CT molecular complexity index is 332. The SMILES string of the molecule is NC(=O)C(Cl)=CCCc1ccccc1. The van der Waals surface area contributed by atoms with E-state index < -0.39 is 5.91 Å². The number of hydrogen-bond acceptors (Lipinski definition) is 1. The average Bonchev–Trinajstić information content (AvgIpc) is 2.19. The monoisotopic (exact) mass is 209 g/mol. The van der Waals surface area contributed by atoms with Gasteiger partial charge in [0, 0.05) is 0 Å². The van der Waals surface area contributed by atoms with Crippen LogP contribution in [0.3, 0.4) is 0 Å². The van der Waals surface area contributed by atoms with Gasteiger partial charge in [0.25, 0.3) is 5.91 Å². The Morgan fingerprint density at radius 1 is 1.36 bits per heavy atom. The molecule has 1 aromatic rings. The Balaban J connectivity index is 2.43.